The molecule has 8 nitrogen and oxygen atoms in total. The van der Waals surface area contributed by atoms with Crippen LogP contribution >= 0.6 is 0 Å². The van der Waals surface area contributed by atoms with Crippen molar-refractivity contribution in [2.45, 2.75) is 24.4 Å². The molecule has 0 fully saturated rings. The van der Waals surface area contributed by atoms with Crippen LogP contribution in [0, 0.1) is 0 Å². The summed E-state index contributed by atoms with van der Waals surface area (Å²) in [6.45, 7) is 1.84. The van der Waals surface area contributed by atoms with Gasteiger partial charge in [0.2, 0.25) is 15.9 Å². The number of ether oxygens (including phenoxy) is 1. The fraction of sp³-hybridized carbons (Fsp3) is 0.538. The van der Waals surface area contributed by atoms with Crippen LogP contribution in [0.5, 0.6) is 0 Å². The number of hydrogen-bond acceptors (Lipinski definition) is 5. The van der Waals surface area contributed by atoms with E-state index in [0.717, 1.165) is 21.1 Å². The molecule has 0 saturated carbocycles. The fourth-order valence-electron chi connectivity index (χ4n) is 1.76. The molecule has 0 saturated heterocycles. The van der Waals surface area contributed by atoms with Crippen LogP contribution in [0.25, 0.3) is 0 Å². The summed E-state index contributed by atoms with van der Waals surface area (Å²) < 4.78 is 31.1. The van der Waals surface area contributed by atoms with Gasteiger partial charge < -0.3 is 14.6 Å². The van der Waals surface area contributed by atoms with Crippen molar-refractivity contribution >= 4 is 15.9 Å². The molecule has 1 amide bonds. The number of hydrogen-bond donors (Lipinski definition) is 1. The maximum atomic E-state index is 12.0. The molecule has 1 aromatic rings. The van der Waals surface area contributed by atoms with Crippen molar-refractivity contribution in [3.63, 3.8) is 0 Å². The Morgan fingerprint density at radius 1 is 1.41 bits per heavy atom. The molecule has 9 heteroatoms. The number of nitrogens with one attached hydrogen (secondary N) is 1. The minimum absolute atomic E-state index is 0.0464. The van der Waals surface area contributed by atoms with Crippen LogP contribution in [0.3, 0.4) is 0 Å². The second-order valence-corrected chi connectivity index (χ2v) is 7.19. The average Bonchev–Trinajstić information content (AvgIpc) is 2.40. The average molecular weight is 331 g/mol. The fourth-order valence-corrected chi connectivity index (χ4v) is 2.69. The van der Waals surface area contributed by atoms with Crippen molar-refractivity contribution < 1.29 is 17.9 Å². The number of carbonyl (C=O) groups is 1. The van der Waals surface area contributed by atoms with E-state index in [0.29, 0.717) is 6.61 Å². The van der Waals surface area contributed by atoms with E-state index in [4.69, 9.17) is 4.74 Å². The molecular weight excluding hydrogens is 310 g/mol. The second-order valence-electron chi connectivity index (χ2n) is 5.04. The van der Waals surface area contributed by atoms with Gasteiger partial charge in [-0.15, -0.1) is 0 Å². The number of aromatic nitrogens is 1. The number of nitrogens with zero attached hydrogens (tertiary/aromatic N) is 2. The smallest absolute Gasteiger partial charge is 0.251 e. The van der Waals surface area contributed by atoms with Gasteiger partial charge in [0.25, 0.3) is 5.56 Å². The molecule has 22 heavy (non-hydrogen) atoms. The van der Waals surface area contributed by atoms with Gasteiger partial charge in [-0.2, -0.15) is 0 Å². The van der Waals surface area contributed by atoms with Crippen LogP contribution in [0.15, 0.2) is 28.0 Å². The van der Waals surface area contributed by atoms with Crippen LogP contribution in [-0.4, -0.2) is 57.1 Å². The zero-order chi connectivity index (χ0) is 16.9. The first-order valence-corrected chi connectivity index (χ1v) is 8.03. The Morgan fingerprint density at radius 2 is 2.05 bits per heavy atom. The number of amides is 1. The Labute approximate surface area is 129 Å². The lowest BCUT2D eigenvalue weighted by Gasteiger charge is -2.15. The first-order valence-electron chi connectivity index (χ1n) is 6.59. The van der Waals surface area contributed by atoms with Gasteiger partial charge >= 0.3 is 0 Å². The molecule has 124 valence electrons. The van der Waals surface area contributed by atoms with E-state index in [2.05, 4.69) is 5.32 Å². The van der Waals surface area contributed by atoms with Gasteiger partial charge in [-0.1, -0.05) is 0 Å². The van der Waals surface area contributed by atoms with Crippen LogP contribution in [0.1, 0.15) is 6.92 Å². The van der Waals surface area contributed by atoms with E-state index in [1.54, 1.807) is 6.92 Å². The normalized spacial score (nSPS) is 13.1. The highest BCUT2D eigenvalue weighted by molar-refractivity contribution is 7.89. The monoisotopic (exact) mass is 331 g/mol. The Balaban J connectivity index is 2.97. The number of methoxy groups -OCH3 is 1. The van der Waals surface area contributed by atoms with Crippen LogP contribution < -0.4 is 10.9 Å². The maximum Gasteiger partial charge on any atom is 0.251 e. The molecule has 0 bridgehead atoms. The first-order chi connectivity index (χ1) is 10.2. The molecule has 0 radical (unpaired) electrons. The molecule has 1 rings (SSSR count). The lowest BCUT2D eigenvalue weighted by molar-refractivity contribution is -0.122. The summed E-state index contributed by atoms with van der Waals surface area (Å²) in [5.41, 5.74) is -0.452. The first kappa shape index (κ1) is 18.3. The topological polar surface area (TPSA) is 97.7 Å². The molecule has 0 spiro atoms. The Morgan fingerprint density at radius 3 is 2.59 bits per heavy atom. The lowest BCUT2D eigenvalue weighted by atomic mass is 10.3. The summed E-state index contributed by atoms with van der Waals surface area (Å²) in [5, 5.41) is 2.65. The van der Waals surface area contributed by atoms with Crippen LogP contribution in [0.4, 0.5) is 0 Å². The molecular formula is C13H21N3O5S. The summed E-state index contributed by atoms with van der Waals surface area (Å²) >= 11 is 0. The highest BCUT2D eigenvalue weighted by Gasteiger charge is 2.18. The zero-order valence-corrected chi connectivity index (χ0v) is 13.9. The number of sulfonamides is 1. The van der Waals surface area contributed by atoms with Crippen molar-refractivity contribution in [3.05, 3.63) is 28.7 Å². The minimum atomic E-state index is -3.66. The van der Waals surface area contributed by atoms with Gasteiger partial charge in [-0.25, -0.2) is 12.7 Å². The molecule has 0 unspecified atom stereocenters. The Bertz CT molecular complexity index is 681. The van der Waals surface area contributed by atoms with Crippen molar-refractivity contribution in [3.8, 4) is 0 Å². The highest BCUT2D eigenvalue weighted by atomic mass is 32.2. The summed E-state index contributed by atoms with van der Waals surface area (Å²) in [6.07, 6.45) is 1.16. The SMILES string of the molecule is COC[C@H](C)NC(=O)Cn1cc(S(=O)(=O)N(C)C)ccc1=O. The van der Waals surface area contributed by atoms with E-state index < -0.39 is 21.5 Å². The van der Waals surface area contributed by atoms with E-state index in [1.165, 1.54) is 27.3 Å². The van der Waals surface area contributed by atoms with Crippen molar-refractivity contribution in [1.29, 1.82) is 0 Å². The molecule has 1 heterocycles. The van der Waals surface area contributed by atoms with Crippen molar-refractivity contribution in [1.82, 2.24) is 14.2 Å². The van der Waals surface area contributed by atoms with E-state index in [1.807, 2.05) is 0 Å². The highest BCUT2D eigenvalue weighted by Crippen LogP contribution is 2.10. The van der Waals surface area contributed by atoms with Gasteiger partial charge in [0, 0.05) is 39.5 Å². The van der Waals surface area contributed by atoms with Gasteiger partial charge in [0.05, 0.1) is 11.5 Å². The quantitative estimate of drug-likeness (QED) is 0.709. The summed E-state index contributed by atoms with van der Waals surface area (Å²) in [4.78, 5) is 23.6. The molecule has 0 aliphatic heterocycles. The maximum absolute atomic E-state index is 12.0. The van der Waals surface area contributed by atoms with Crippen LogP contribution in [-0.2, 0) is 26.1 Å². The largest absolute Gasteiger partial charge is 0.383 e. The summed E-state index contributed by atoms with van der Waals surface area (Å²) in [5.74, 6) is -0.397. The lowest BCUT2D eigenvalue weighted by Crippen LogP contribution is -2.39. The van der Waals surface area contributed by atoms with Crippen molar-refractivity contribution in [2.24, 2.45) is 0 Å². The number of pyridine rings is 1. The van der Waals surface area contributed by atoms with Gasteiger partial charge in [-0.05, 0) is 13.0 Å². The Hall–Kier alpha value is -1.71. The number of carbonyl (C=O) groups excluding carboxylic acids is 1. The van der Waals surface area contributed by atoms with Crippen molar-refractivity contribution in [2.75, 3.05) is 27.8 Å². The van der Waals surface area contributed by atoms with E-state index >= 15 is 0 Å². The Kier molecular flexibility index (Phi) is 6.27. The third-order valence-corrected chi connectivity index (χ3v) is 4.67. The summed E-state index contributed by atoms with van der Waals surface area (Å²) in [6, 6.07) is 2.14. The second kappa shape index (κ2) is 7.52. The molecule has 1 aromatic heterocycles. The summed E-state index contributed by atoms with van der Waals surface area (Å²) in [7, 11) is 0.640. The predicted octanol–water partition coefficient (Wildman–Crippen LogP) is -0.750. The van der Waals surface area contributed by atoms with E-state index in [-0.39, 0.29) is 17.5 Å². The molecule has 1 N–H and O–H groups in total. The molecule has 0 aliphatic carbocycles. The molecule has 0 aromatic carbocycles. The predicted molar refractivity (Wildman–Crippen MR) is 81.1 cm³/mol. The zero-order valence-electron chi connectivity index (χ0n) is 13.1. The van der Waals surface area contributed by atoms with Crippen LogP contribution in [0.2, 0.25) is 0 Å². The molecule has 0 aliphatic rings. The van der Waals surface area contributed by atoms with Gasteiger partial charge in [0.15, 0.2) is 0 Å². The third-order valence-electron chi connectivity index (χ3n) is 2.87. The number of rotatable bonds is 7. The standard InChI is InChI=1S/C13H21N3O5S/c1-10(9-21-4)14-12(17)8-16-7-11(5-6-13(16)18)22(19,20)15(2)3/h5-7,10H,8-9H2,1-4H3,(H,14,17)/t10-/m0/s1. The van der Waals surface area contributed by atoms with Gasteiger partial charge in [-0.3, -0.25) is 9.59 Å². The molecule has 1 atom stereocenters. The third kappa shape index (κ3) is 4.65. The van der Waals surface area contributed by atoms with E-state index in [9.17, 15) is 18.0 Å². The van der Waals surface area contributed by atoms with Gasteiger partial charge in [0.1, 0.15) is 6.54 Å². The minimum Gasteiger partial charge on any atom is -0.383 e.